The molecule has 0 amide bonds. The van der Waals surface area contributed by atoms with E-state index in [1.807, 2.05) is 30.5 Å². The molecule has 8 rings (SSSR count). The van der Waals surface area contributed by atoms with Gasteiger partial charge in [0.1, 0.15) is 0 Å². The molecule has 0 saturated heterocycles. The van der Waals surface area contributed by atoms with Crippen LogP contribution in [0, 0.1) is 6.92 Å². The van der Waals surface area contributed by atoms with Crippen molar-refractivity contribution in [3.8, 4) is 44.9 Å². The first-order chi connectivity index (χ1) is 25.6. The molecule has 2 aromatic heterocycles. The molecule has 4 aromatic carbocycles. The van der Waals surface area contributed by atoms with E-state index in [0.717, 1.165) is 57.6 Å². The largest absolute Gasteiger partial charge is 0.264 e. The van der Waals surface area contributed by atoms with Gasteiger partial charge < -0.3 is 0 Å². The maximum absolute atomic E-state index is 5.19. The lowest BCUT2D eigenvalue weighted by atomic mass is 9.67. The third-order valence-electron chi connectivity index (χ3n) is 11.0. The molecule has 256 valence electrons. The third-order valence-corrected chi connectivity index (χ3v) is 11.0. The number of aryl methyl sites for hydroxylation is 1. The normalized spacial score (nSPS) is 14.8. The average Bonchev–Trinajstić information content (AvgIpc) is 3.48. The molecule has 6 aromatic rings. The first-order valence-corrected chi connectivity index (χ1v) is 18.8. The van der Waals surface area contributed by atoms with Crippen molar-refractivity contribution >= 4 is 11.1 Å². The van der Waals surface area contributed by atoms with E-state index in [9.17, 15) is 0 Å². The summed E-state index contributed by atoms with van der Waals surface area (Å²) in [7, 11) is 0. The fourth-order valence-electron chi connectivity index (χ4n) is 8.39. The molecule has 0 atom stereocenters. The van der Waals surface area contributed by atoms with Gasteiger partial charge >= 0.3 is 0 Å². The predicted octanol–water partition coefficient (Wildman–Crippen LogP) is 12.9. The zero-order chi connectivity index (χ0) is 35.5. The Bertz CT molecular complexity index is 2290. The van der Waals surface area contributed by atoms with Crippen molar-refractivity contribution in [1.82, 2.24) is 15.0 Å². The number of fused-ring (bicyclic) bond motifs is 5. The van der Waals surface area contributed by atoms with Crippen LogP contribution in [-0.2, 0) is 5.41 Å². The zero-order valence-electron chi connectivity index (χ0n) is 30.3. The zero-order valence-corrected chi connectivity index (χ0v) is 30.3. The van der Waals surface area contributed by atoms with Gasteiger partial charge in [0.15, 0.2) is 5.82 Å². The van der Waals surface area contributed by atoms with Crippen LogP contribution in [0.15, 0.2) is 146 Å². The van der Waals surface area contributed by atoms with E-state index in [1.54, 1.807) is 6.20 Å². The molecule has 0 unspecified atom stereocenters. The summed E-state index contributed by atoms with van der Waals surface area (Å²) in [6, 6.07) is 38.9. The molecule has 0 bridgehead atoms. The molecule has 2 aliphatic rings. The molecular weight excluding hydrogens is 631 g/mol. The molecule has 2 aliphatic carbocycles. The molecule has 0 N–H and O–H groups in total. The van der Waals surface area contributed by atoms with Crippen LogP contribution in [0.4, 0.5) is 0 Å². The van der Waals surface area contributed by atoms with Crippen LogP contribution in [0.3, 0.4) is 0 Å². The maximum Gasteiger partial charge on any atom is 0.160 e. The van der Waals surface area contributed by atoms with Crippen LogP contribution < -0.4 is 0 Å². The van der Waals surface area contributed by atoms with Crippen LogP contribution in [0.25, 0.3) is 56.0 Å². The summed E-state index contributed by atoms with van der Waals surface area (Å²) in [4.78, 5) is 14.6. The second-order valence-corrected chi connectivity index (χ2v) is 14.3. The molecule has 3 nitrogen and oxygen atoms in total. The van der Waals surface area contributed by atoms with Crippen LogP contribution in [0.1, 0.15) is 79.8 Å². The summed E-state index contributed by atoms with van der Waals surface area (Å²) in [6.45, 7) is 9.19. The quantitative estimate of drug-likeness (QED) is 0.143. The minimum absolute atomic E-state index is 0.114. The Labute approximate surface area is 308 Å². The van der Waals surface area contributed by atoms with Gasteiger partial charge in [-0.15, -0.1) is 0 Å². The Morgan fingerprint density at radius 1 is 0.712 bits per heavy atom. The lowest BCUT2D eigenvalue weighted by molar-refractivity contribution is 0.353. The highest BCUT2D eigenvalue weighted by Crippen LogP contribution is 2.58. The van der Waals surface area contributed by atoms with E-state index in [1.165, 1.54) is 65.5 Å². The van der Waals surface area contributed by atoms with Gasteiger partial charge in [-0.25, -0.2) is 9.97 Å². The Balaban J connectivity index is 1.19. The lowest BCUT2D eigenvalue weighted by Gasteiger charge is -2.36. The van der Waals surface area contributed by atoms with E-state index >= 15 is 0 Å². The smallest absolute Gasteiger partial charge is 0.160 e. The van der Waals surface area contributed by atoms with Gasteiger partial charge in [0.05, 0.1) is 11.4 Å². The topological polar surface area (TPSA) is 38.7 Å². The number of hydrogen-bond acceptors (Lipinski definition) is 3. The SMILES string of the molecule is C=C(/C=C\C(=C/CCC)c1cc(-c2ccc(-c3cccnc3)cc2)nc(-c2ccccc2)n1)c1cccc2c1-c1c(C)cccc1C21CCCCC1. The molecule has 0 aliphatic heterocycles. The van der Waals surface area contributed by atoms with E-state index in [0.29, 0.717) is 5.82 Å². The number of rotatable bonds is 9. The summed E-state index contributed by atoms with van der Waals surface area (Å²) < 4.78 is 0. The molecule has 2 heterocycles. The first kappa shape index (κ1) is 33.5. The van der Waals surface area contributed by atoms with Gasteiger partial charge in [-0.1, -0.05) is 154 Å². The molecule has 1 spiro atoms. The Morgan fingerprint density at radius 2 is 1.44 bits per heavy atom. The van der Waals surface area contributed by atoms with E-state index in [-0.39, 0.29) is 5.41 Å². The number of aromatic nitrogens is 3. The highest BCUT2D eigenvalue weighted by molar-refractivity contribution is 5.94. The molecule has 0 radical (unpaired) electrons. The summed E-state index contributed by atoms with van der Waals surface area (Å²) in [5.41, 5.74) is 16.6. The molecule has 1 fully saturated rings. The highest BCUT2D eigenvalue weighted by Gasteiger charge is 2.44. The maximum atomic E-state index is 5.19. The van der Waals surface area contributed by atoms with Gasteiger partial charge in [-0.05, 0) is 94.0 Å². The van der Waals surface area contributed by atoms with E-state index in [2.05, 4.69) is 122 Å². The van der Waals surface area contributed by atoms with Gasteiger partial charge in [0.2, 0.25) is 0 Å². The van der Waals surface area contributed by atoms with Crippen LogP contribution >= 0.6 is 0 Å². The van der Waals surface area contributed by atoms with Crippen molar-refractivity contribution in [2.75, 3.05) is 0 Å². The van der Waals surface area contributed by atoms with Crippen molar-refractivity contribution in [2.45, 2.75) is 64.2 Å². The number of nitrogens with zero attached hydrogens (tertiary/aromatic N) is 3. The number of allylic oxidation sites excluding steroid dienone is 5. The minimum atomic E-state index is 0.114. The van der Waals surface area contributed by atoms with Gasteiger partial charge in [-0.3, -0.25) is 4.98 Å². The highest BCUT2D eigenvalue weighted by atomic mass is 14.9. The van der Waals surface area contributed by atoms with Crippen molar-refractivity contribution < 1.29 is 0 Å². The monoisotopic (exact) mass is 675 g/mol. The fraction of sp³-hybridized carbons (Fsp3) is 0.204. The van der Waals surface area contributed by atoms with E-state index in [4.69, 9.17) is 16.5 Å². The van der Waals surface area contributed by atoms with Crippen molar-refractivity contribution in [3.05, 3.63) is 174 Å². The molecule has 52 heavy (non-hydrogen) atoms. The molecule has 1 saturated carbocycles. The van der Waals surface area contributed by atoms with Crippen molar-refractivity contribution in [1.29, 1.82) is 0 Å². The summed E-state index contributed by atoms with van der Waals surface area (Å²) in [5.74, 6) is 0.713. The van der Waals surface area contributed by atoms with E-state index < -0.39 is 0 Å². The number of pyridine rings is 1. The number of benzene rings is 4. The van der Waals surface area contributed by atoms with Gasteiger partial charge in [0.25, 0.3) is 0 Å². The molecule has 3 heteroatoms. The lowest BCUT2D eigenvalue weighted by Crippen LogP contribution is -2.28. The van der Waals surface area contributed by atoms with Gasteiger partial charge in [0, 0.05) is 28.9 Å². The van der Waals surface area contributed by atoms with Crippen molar-refractivity contribution in [3.63, 3.8) is 0 Å². The van der Waals surface area contributed by atoms with Gasteiger partial charge in [-0.2, -0.15) is 0 Å². The second-order valence-electron chi connectivity index (χ2n) is 14.3. The fourth-order valence-corrected chi connectivity index (χ4v) is 8.39. The number of hydrogen-bond donors (Lipinski definition) is 0. The average molecular weight is 676 g/mol. The van der Waals surface area contributed by atoms with Crippen LogP contribution in [0.2, 0.25) is 0 Å². The predicted molar refractivity (Wildman–Crippen MR) is 218 cm³/mol. The van der Waals surface area contributed by atoms with Crippen LogP contribution in [-0.4, -0.2) is 15.0 Å². The molecular formula is C49H45N3. The Kier molecular flexibility index (Phi) is 9.35. The van der Waals surface area contributed by atoms with Crippen LogP contribution in [0.5, 0.6) is 0 Å². The van der Waals surface area contributed by atoms with Crippen molar-refractivity contribution in [2.24, 2.45) is 0 Å². The summed E-state index contributed by atoms with van der Waals surface area (Å²) in [5, 5.41) is 0. The number of unbranched alkanes of at least 4 members (excludes halogenated alkanes) is 1. The minimum Gasteiger partial charge on any atom is -0.264 e. The second kappa shape index (κ2) is 14.5. The Hall–Kier alpha value is -5.67. The standard InChI is InChI=1S/C49H45N3/c1-4-5-16-37(24-23-34(2)41-20-13-22-43-47(41)46-35(3)15-12-21-42(46)49(43)29-10-7-11-30-49)44-32-45(52-48(51-44)39-17-8-6-9-18-39)38-27-25-36(26-28-38)40-19-14-31-50-33-40/h6,8-9,12-28,31-33H,2,4-5,7,10-11,29-30H2,1,3H3/b24-23-,37-16+. The summed E-state index contributed by atoms with van der Waals surface area (Å²) >= 11 is 0. The Morgan fingerprint density at radius 3 is 2.19 bits per heavy atom. The first-order valence-electron chi connectivity index (χ1n) is 18.8. The summed E-state index contributed by atoms with van der Waals surface area (Å²) in [6.07, 6.45) is 18.7. The third kappa shape index (κ3) is 6.26.